The van der Waals surface area contributed by atoms with E-state index in [1.807, 2.05) is 11.8 Å². The lowest BCUT2D eigenvalue weighted by Crippen LogP contribution is -2.39. The number of aromatic nitrogens is 1. The number of carbonyl (C=O) groups excluding carboxylic acids is 1. The van der Waals surface area contributed by atoms with Gasteiger partial charge in [-0.25, -0.2) is 4.98 Å². The van der Waals surface area contributed by atoms with Gasteiger partial charge >= 0.3 is 0 Å². The van der Waals surface area contributed by atoms with Crippen molar-refractivity contribution in [3.63, 3.8) is 0 Å². The smallest absolute Gasteiger partial charge is 0.274 e. The number of nitrogen functional groups attached to an aromatic ring is 1. The maximum atomic E-state index is 12.5. The number of carbonyl (C=O) groups is 1. The quantitative estimate of drug-likeness (QED) is 0.916. The molecule has 1 fully saturated rings. The Bertz CT molecular complexity index is 444. The van der Waals surface area contributed by atoms with Gasteiger partial charge in [-0.3, -0.25) is 4.79 Å². The molecule has 1 saturated carbocycles. The Morgan fingerprint density at radius 3 is 2.78 bits per heavy atom. The van der Waals surface area contributed by atoms with E-state index in [2.05, 4.69) is 4.98 Å². The van der Waals surface area contributed by atoms with Gasteiger partial charge in [0.05, 0.1) is 5.02 Å². The first-order valence-corrected chi connectivity index (χ1v) is 6.74. The van der Waals surface area contributed by atoms with Crippen LogP contribution in [0.3, 0.4) is 0 Å². The first kappa shape index (κ1) is 13.1. The summed E-state index contributed by atoms with van der Waals surface area (Å²) in [6.45, 7) is 2.66. The summed E-state index contributed by atoms with van der Waals surface area (Å²) in [5, 5.41) is 0.366. The number of nitrogens with zero attached hydrogens (tertiary/aromatic N) is 2. The van der Waals surface area contributed by atoms with E-state index in [4.69, 9.17) is 17.3 Å². The molecule has 0 aliphatic heterocycles. The third-order valence-electron chi connectivity index (χ3n) is 3.44. The molecule has 2 rings (SSSR count). The number of rotatable bonds is 3. The second kappa shape index (κ2) is 5.57. The molecule has 1 aromatic rings. The fraction of sp³-hybridized carbons (Fsp3) is 0.538. The van der Waals surface area contributed by atoms with Gasteiger partial charge in [0.2, 0.25) is 0 Å². The van der Waals surface area contributed by atoms with Crippen molar-refractivity contribution in [3.8, 4) is 0 Å². The number of anilines is 1. The zero-order valence-electron chi connectivity index (χ0n) is 10.5. The van der Waals surface area contributed by atoms with Crippen molar-refractivity contribution in [1.82, 2.24) is 9.88 Å². The Labute approximate surface area is 112 Å². The minimum Gasteiger partial charge on any atom is -0.384 e. The lowest BCUT2D eigenvalue weighted by molar-refractivity contribution is 0.0688. The molecule has 98 valence electrons. The molecule has 1 amide bonds. The van der Waals surface area contributed by atoms with E-state index in [1.165, 1.54) is 12.8 Å². The molecule has 5 heteroatoms. The highest BCUT2D eigenvalue weighted by Crippen LogP contribution is 2.26. The summed E-state index contributed by atoms with van der Waals surface area (Å²) in [4.78, 5) is 18.4. The number of hydrogen-bond acceptors (Lipinski definition) is 3. The summed E-state index contributed by atoms with van der Waals surface area (Å²) >= 11 is 6.03. The summed E-state index contributed by atoms with van der Waals surface area (Å²) in [5.74, 6) is 0.215. The average Bonchev–Trinajstić information content (AvgIpc) is 2.87. The van der Waals surface area contributed by atoms with Gasteiger partial charge in [0.25, 0.3) is 5.91 Å². The van der Waals surface area contributed by atoms with Crippen molar-refractivity contribution in [2.45, 2.75) is 38.6 Å². The SMILES string of the molecule is CCN(C(=O)c1nc(N)ccc1Cl)C1CCCC1. The maximum absolute atomic E-state index is 12.5. The van der Waals surface area contributed by atoms with Crippen LogP contribution in [0.2, 0.25) is 5.02 Å². The van der Waals surface area contributed by atoms with Crippen molar-refractivity contribution in [3.05, 3.63) is 22.8 Å². The summed E-state index contributed by atoms with van der Waals surface area (Å²) in [5.41, 5.74) is 5.89. The highest BCUT2D eigenvalue weighted by molar-refractivity contribution is 6.33. The summed E-state index contributed by atoms with van der Waals surface area (Å²) in [6, 6.07) is 3.55. The molecule has 1 heterocycles. The minimum absolute atomic E-state index is 0.110. The highest BCUT2D eigenvalue weighted by atomic mass is 35.5. The van der Waals surface area contributed by atoms with Gasteiger partial charge in [0.15, 0.2) is 0 Å². The van der Waals surface area contributed by atoms with Gasteiger partial charge in [-0.1, -0.05) is 24.4 Å². The number of pyridine rings is 1. The topological polar surface area (TPSA) is 59.2 Å². The van der Waals surface area contributed by atoms with E-state index in [-0.39, 0.29) is 11.6 Å². The van der Waals surface area contributed by atoms with E-state index in [9.17, 15) is 4.79 Å². The molecule has 1 aromatic heterocycles. The number of halogens is 1. The molecule has 0 radical (unpaired) electrons. The molecular formula is C13H18ClN3O. The van der Waals surface area contributed by atoms with E-state index < -0.39 is 0 Å². The fourth-order valence-corrected chi connectivity index (χ4v) is 2.71. The zero-order chi connectivity index (χ0) is 13.1. The summed E-state index contributed by atoms with van der Waals surface area (Å²) in [6.07, 6.45) is 4.51. The van der Waals surface area contributed by atoms with E-state index in [1.54, 1.807) is 12.1 Å². The lowest BCUT2D eigenvalue weighted by Gasteiger charge is -2.27. The number of hydrogen-bond donors (Lipinski definition) is 1. The average molecular weight is 268 g/mol. The van der Waals surface area contributed by atoms with Gasteiger partial charge < -0.3 is 10.6 Å². The molecule has 1 aliphatic carbocycles. The van der Waals surface area contributed by atoms with Crippen molar-refractivity contribution < 1.29 is 4.79 Å². The van der Waals surface area contributed by atoms with Crippen LogP contribution >= 0.6 is 11.6 Å². The molecule has 18 heavy (non-hydrogen) atoms. The molecule has 4 nitrogen and oxygen atoms in total. The van der Waals surface area contributed by atoms with Crippen LogP contribution in [0.4, 0.5) is 5.82 Å². The molecule has 1 aliphatic rings. The Kier molecular flexibility index (Phi) is 4.07. The van der Waals surface area contributed by atoms with Crippen LogP contribution < -0.4 is 5.73 Å². The first-order valence-electron chi connectivity index (χ1n) is 6.36. The van der Waals surface area contributed by atoms with Crippen molar-refractivity contribution in [2.75, 3.05) is 12.3 Å². The molecule has 2 N–H and O–H groups in total. The van der Waals surface area contributed by atoms with E-state index >= 15 is 0 Å². The molecule has 0 saturated heterocycles. The van der Waals surface area contributed by atoms with Crippen LogP contribution in [-0.2, 0) is 0 Å². The van der Waals surface area contributed by atoms with Crippen LogP contribution in [-0.4, -0.2) is 28.4 Å². The van der Waals surface area contributed by atoms with E-state index in [0.29, 0.717) is 23.4 Å². The summed E-state index contributed by atoms with van der Waals surface area (Å²) < 4.78 is 0. The molecule has 0 aromatic carbocycles. The minimum atomic E-state index is -0.110. The normalized spacial score (nSPS) is 15.9. The van der Waals surface area contributed by atoms with Crippen LogP contribution in [0.1, 0.15) is 43.1 Å². The fourth-order valence-electron chi connectivity index (χ4n) is 2.53. The van der Waals surface area contributed by atoms with Crippen LogP contribution in [0.5, 0.6) is 0 Å². The predicted octanol–water partition coefficient (Wildman–Crippen LogP) is 2.72. The van der Waals surface area contributed by atoms with Crippen molar-refractivity contribution >= 4 is 23.3 Å². The van der Waals surface area contributed by atoms with E-state index in [0.717, 1.165) is 12.8 Å². The zero-order valence-corrected chi connectivity index (χ0v) is 11.3. The van der Waals surface area contributed by atoms with Gasteiger partial charge in [0.1, 0.15) is 11.5 Å². The monoisotopic (exact) mass is 267 g/mol. The highest BCUT2D eigenvalue weighted by Gasteiger charge is 2.28. The Morgan fingerprint density at radius 2 is 2.17 bits per heavy atom. The maximum Gasteiger partial charge on any atom is 0.274 e. The molecular weight excluding hydrogens is 250 g/mol. The van der Waals surface area contributed by atoms with Crippen molar-refractivity contribution in [1.29, 1.82) is 0 Å². The van der Waals surface area contributed by atoms with Crippen LogP contribution in [0, 0.1) is 0 Å². The van der Waals surface area contributed by atoms with Gasteiger partial charge in [-0.05, 0) is 31.9 Å². The number of nitrogens with two attached hydrogens (primary N) is 1. The third-order valence-corrected chi connectivity index (χ3v) is 3.74. The Hall–Kier alpha value is -1.29. The third kappa shape index (κ3) is 2.58. The molecule has 0 unspecified atom stereocenters. The second-order valence-corrected chi connectivity index (χ2v) is 5.00. The molecule has 0 spiro atoms. The van der Waals surface area contributed by atoms with Gasteiger partial charge in [0, 0.05) is 12.6 Å². The van der Waals surface area contributed by atoms with Crippen LogP contribution in [0.25, 0.3) is 0 Å². The van der Waals surface area contributed by atoms with Gasteiger partial charge in [-0.2, -0.15) is 0 Å². The summed E-state index contributed by atoms with van der Waals surface area (Å²) in [7, 11) is 0. The van der Waals surface area contributed by atoms with Crippen molar-refractivity contribution in [2.24, 2.45) is 0 Å². The Morgan fingerprint density at radius 1 is 1.50 bits per heavy atom. The molecule has 0 atom stereocenters. The van der Waals surface area contributed by atoms with Crippen LogP contribution in [0.15, 0.2) is 12.1 Å². The Balaban J connectivity index is 2.25. The lowest BCUT2D eigenvalue weighted by atomic mass is 10.2. The predicted molar refractivity (Wildman–Crippen MR) is 72.6 cm³/mol. The molecule has 0 bridgehead atoms. The largest absolute Gasteiger partial charge is 0.384 e. The standard InChI is InChI=1S/C13H18ClN3O/c1-2-17(9-5-3-4-6-9)13(18)12-10(14)7-8-11(15)16-12/h7-9H,2-6H2,1H3,(H2,15,16). The second-order valence-electron chi connectivity index (χ2n) is 4.60. The van der Waals surface area contributed by atoms with Gasteiger partial charge in [-0.15, -0.1) is 0 Å². The first-order chi connectivity index (χ1) is 8.63. The number of amides is 1.